The van der Waals surface area contributed by atoms with Crippen molar-refractivity contribution in [2.24, 2.45) is 4.99 Å². The van der Waals surface area contributed by atoms with Crippen LogP contribution in [0.3, 0.4) is 0 Å². The minimum Gasteiger partial charge on any atom is -0.469 e. The second kappa shape index (κ2) is 13.0. The van der Waals surface area contributed by atoms with Gasteiger partial charge >= 0.3 is 5.97 Å². The van der Waals surface area contributed by atoms with Gasteiger partial charge in [0.05, 0.1) is 7.11 Å². The van der Waals surface area contributed by atoms with E-state index < -0.39 is 0 Å². The highest BCUT2D eigenvalue weighted by Gasteiger charge is 2.00. The Hall–Kier alpha value is -1.40. The summed E-state index contributed by atoms with van der Waals surface area (Å²) < 4.78 is 4.62. The van der Waals surface area contributed by atoms with Gasteiger partial charge in [-0.1, -0.05) is 11.6 Å². The fourth-order valence-corrected chi connectivity index (χ4v) is 2.78. The molecule has 5 nitrogen and oxygen atoms in total. The Labute approximate surface area is 153 Å². The van der Waals surface area contributed by atoms with Gasteiger partial charge < -0.3 is 15.4 Å². The van der Waals surface area contributed by atoms with Crippen LogP contribution < -0.4 is 10.6 Å². The molecule has 24 heavy (non-hydrogen) atoms. The summed E-state index contributed by atoms with van der Waals surface area (Å²) in [6.45, 7) is 4.37. The van der Waals surface area contributed by atoms with Gasteiger partial charge in [0, 0.05) is 41.7 Å². The monoisotopic (exact) mass is 371 g/mol. The fraction of sp³-hybridized carbons (Fsp3) is 0.529. The Bertz CT molecular complexity index is 509. The highest BCUT2D eigenvalue weighted by molar-refractivity contribution is 7.99. The highest BCUT2D eigenvalue weighted by atomic mass is 35.5. The molecule has 0 aliphatic rings. The van der Waals surface area contributed by atoms with Crippen LogP contribution in [0, 0.1) is 0 Å². The van der Waals surface area contributed by atoms with E-state index in [1.54, 1.807) is 11.8 Å². The number of hydrogen-bond donors (Lipinski definition) is 2. The van der Waals surface area contributed by atoms with Gasteiger partial charge in [0.1, 0.15) is 0 Å². The Morgan fingerprint density at radius 2 is 2.00 bits per heavy atom. The first-order valence-electron chi connectivity index (χ1n) is 8.13. The number of aliphatic imine (C=N–C) groups is 1. The normalized spacial score (nSPS) is 11.2. The minimum absolute atomic E-state index is 0.164. The number of thioether (sulfide) groups is 1. The number of ether oxygens (including phenoxy) is 1. The second-order valence-electron chi connectivity index (χ2n) is 5.02. The molecule has 134 valence electrons. The van der Waals surface area contributed by atoms with E-state index in [1.807, 2.05) is 31.2 Å². The van der Waals surface area contributed by atoms with Crippen molar-refractivity contribution >= 4 is 35.3 Å². The van der Waals surface area contributed by atoms with E-state index in [1.165, 1.54) is 12.0 Å². The SMILES string of the molecule is CCNC(=NCCCCC(=O)OC)NCCSc1ccc(Cl)cc1. The maximum atomic E-state index is 11.0. The molecular weight excluding hydrogens is 346 g/mol. The summed E-state index contributed by atoms with van der Waals surface area (Å²) in [5.74, 6) is 1.59. The van der Waals surface area contributed by atoms with E-state index in [0.717, 1.165) is 42.7 Å². The van der Waals surface area contributed by atoms with Gasteiger partial charge in [-0.25, -0.2) is 0 Å². The van der Waals surface area contributed by atoms with Gasteiger partial charge in [-0.2, -0.15) is 0 Å². The van der Waals surface area contributed by atoms with Crippen LogP contribution in [0.5, 0.6) is 0 Å². The molecule has 0 aromatic heterocycles. The first-order valence-corrected chi connectivity index (χ1v) is 9.49. The topological polar surface area (TPSA) is 62.7 Å². The van der Waals surface area contributed by atoms with Crippen molar-refractivity contribution in [1.82, 2.24) is 10.6 Å². The third-order valence-electron chi connectivity index (χ3n) is 3.11. The van der Waals surface area contributed by atoms with Crippen LogP contribution in [-0.2, 0) is 9.53 Å². The number of rotatable bonds is 10. The predicted molar refractivity (Wildman–Crippen MR) is 102 cm³/mol. The Kier molecular flexibility index (Phi) is 11.1. The van der Waals surface area contributed by atoms with E-state index >= 15 is 0 Å². The smallest absolute Gasteiger partial charge is 0.305 e. The number of benzene rings is 1. The number of unbranched alkanes of at least 4 members (excludes halogenated alkanes) is 1. The van der Waals surface area contributed by atoms with Crippen LogP contribution in [0.25, 0.3) is 0 Å². The number of hydrogen-bond acceptors (Lipinski definition) is 4. The van der Waals surface area contributed by atoms with Gasteiger partial charge in [-0.3, -0.25) is 9.79 Å². The lowest BCUT2D eigenvalue weighted by molar-refractivity contribution is -0.140. The van der Waals surface area contributed by atoms with Crippen LogP contribution in [-0.4, -0.2) is 44.4 Å². The third kappa shape index (κ3) is 9.67. The van der Waals surface area contributed by atoms with Crippen molar-refractivity contribution in [3.8, 4) is 0 Å². The molecule has 2 N–H and O–H groups in total. The molecule has 0 aliphatic carbocycles. The lowest BCUT2D eigenvalue weighted by Crippen LogP contribution is -2.38. The van der Waals surface area contributed by atoms with Crippen molar-refractivity contribution in [3.05, 3.63) is 29.3 Å². The van der Waals surface area contributed by atoms with Crippen LogP contribution in [0.4, 0.5) is 0 Å². The Balaban J connectivity index is 2.22. The fourth-order valence-electron chi connectivity index (χ4n) is 1.88. The lowest BCUT2D eigenvalue weighted by Gasteiger charge is -2.11. The maximum absolute atomic E-state index is 11.0. The van der Waals surface area contributed by atoms with Gasteiger partial charge in [-0.05, 0) is 44.0 Å². The zero-order chi connectivity index (χ0) is 17.6. The number of carbonyl (C=O) groups excluding carboxylic acids is 1. The molecule has 0 spiro atoms. The summed E-state index contributed by atoms with van der Waals surface area (Å²) in [6, 6.07) is 7.84. The van der Waals surface area contributed by atoms with Crippen LogP contribution >= 0.6 is 23.4 Å². The quantitative estimate of drug-likeness (QED) is 0.217. The minimum atomic E-state index is -0.164. The number of carbonyl (C=O) groups is 1. The number of guanidine groups is 1. The molecule has 1 aromatic carbocycles. The van der Waals surface area contributed by atoms with Gasteiger partial charge in [0.2, 0.25) is 0 Å². The molecule has 0 fully saturated rings. The zero-order valence-corrected chi connectivity index (χ0v) is 15.9. The summed E-state index contributed by atoms with van der Waals surface area (Å²) in [5, 5.41) is 7.29. The number of halogens is 1. The standard InChI is InChI=1S/C17H26ClN3O2S/c1-3-19-17(20-11-5-4-6-16(22)23-2)21-12-13-24-15-9-7-14(18)8-10-15/h7-10H,3-6,11-13H2,1-2H3,(H2,19,20,21). The third-order valence-corrected chi connectivity index (χ3v) is 4.37. The van der Waals surface area contributed by atoms with Crippen molar-refractivity contribution in [1.29, 1.82) is 0 Å². The largest absolute Gasteiger partial charge is 0.469 e. The molecule has 0 atom stereocenters. The predicted octanol–water partition coefficient (Wildman–Crippen LogP) is 3.33. The van der Waals surface area contributed by atoms with E-state index in [-0.39, 0.29) is 5.97 Å². The molecule has 0 radical (unpaired) electrons. The van der Waals surface area contributed by atoms with Gasteiger partial charge in [-0.15, -0.1) is 11.8 Å². The first-order chi connectivity index (χ1) is 11.7. The van der Waals surface area contributed by atoms with E-state index in [0.29, 0.717) is 13.0 Å². The van der Waals surface area contributed by atoms with E-state index in [4.69, 9.17) is 11.6 Å². The first kappa shape index (κ1) is 20.6. The van der Waals surface area contributed by atoms with Crippen molar-refractivity contribution in [2.45, 2.75) is 31.1 Å². The second-order valence-corrected chi connectivity index (χ2v) is 6.63. The molecule has 1 rings (SSSR count). The van der Waals surface area contributed by atoms with E-state index in [9.17, 15) is 4.79 Å². The number of nitrogens with one attached hydrogen (secondary N) is 2. The summed E-state index contributed by atoms with van der Waals surface area (Å²) in [5.41, 5.74) is 0. The molecule has 0 bridgehead atoms. The van der Waals surface area contributed by atoms with Crippen molar-refractivity contribution in [2.75, 3.05) is 32.5 Å². The molecule has 0 saturated heterocycles. The lowest BCUT2D eigenvalue weighted by atomic mass is 10.2. The molecule has 0 heterocycles. The molecule has 0 unspecified atom stereocenters. The summed E-state index contributed by atoms with van der Waals surface area (Å²) >= 11 is 7.65. The van der Waals surface area contributed by atoms with E-state index in [2.05, 4.69) is 20.4 Å². The Morgan fingerprint density at radius 1 is 1.25 bits per heavy atom. The zero-order valence-electron chi connectivity index (χ0n) is 14.3. The molecule has 0 saturated carbocycles. The van der Waals surface area contributed by atoms with Gasteiger partial charge in [0.25, 0.3) is 0 Å². The summed E-state index contributed by atoms with van der Waals surface area (Å²) in [4.78, 5) is 16.7. The average Bonchev–Trinajstić information content (AvgIpc) is 2.59. The maximum Gasteiger partial charge on any atom is 0.305 e. The van der Waals surface area contributed by atoms with Crippen LogP contribution in [0.2, 0.25) is 5.02 Å². The molecule has 1 aromatic rings. The van der Waals surface area contributed by atoms with Crippen molar-refractivity contribution in [3.63, 3.8) is 0 Å². The van der Waals surface area contributed by atoms with Crippen LogP contribution in [0.1, 0.15) is 26.2 Å². The Morgan fingerprint density at radius 3 is 2.67 bits per heavy atom. The number of methoxy groups -OCH3 is 1. The molecular formula is C17H26ClN3O2S. The molecule has 7 heteroatoms. The summed E-state index contributed by atoms with van der Waals surface area (Å²) in [7, 11) is 1.41. The highest BCUT2D eigenvalue weighted by Crippen LogP contribution is 2.19. The summed E-state index contributed by atoms with van der Waals surface area (Å²) in [6.07, 6.45) is 2.11. The van der Waals surface area contributed by atoms with Crippen molar-refractivity contribution < 1.29 is 9.53 Å². The molecule has 0 aliphatic heterocycles. The van der Waals surface area contributed by atoms with Gasteiger partial charge in [0.15, 0.2) is 5.96 Å². The molecule has 0 amide bonds. The van der Waals surface area contributed by atoms with Crippen LogP contribution in [0.15, 0.2) is 34.2 Å². The number of esters is 1. The average molecular weight is 372 g/mol. The number of nitrogens with zero attached hydrogens (tertiary/aromatic N) is 1.